The molecule has 0 radical (unpaired) electrons. The van der Waals surface area contributed by atoms with Gasteiger partial charge in [-0.3, -0.25) is 4.90 Å². The molecule has 86 valence electrons. The summed E-state index contributed by atoms with van der Waals surface area (Å²) in [5.41, 5.74) is 0. The summed E-state index contributed by atoms with van der Waals surface area (Å²) in [6.07, 6.45) is 6.70. The number of unbranched alkanes of at least 4 members (excludes halogenated alkanes) is 1. The highest BCUT2D eigenvalue weighted by molar-refractivity contribution is 4.72. The Labute approximate surface area is 90.9 Å². The minimum absolute atomic E-state index is 0.761. The second-order valence-electron chi connectivity index (χ2n) is 4.46. The van der Waals surface area contributed by atoms with Gasteiger partial charge in [0.15, 0.2) is 0 Å². The van der Waals surface area contributed by atoms with Crippen molar-refractivity contribution in [3.63, 3.8) is 0 Å². The zero-order valence-corrected chi connectivity index (χ0v) is 10.8. The summed E-state index contributed by atoms with van der Waals surface area (Å²) in [7, 11) is 0. The van der Waals surface area contributed by atoms with Crippen LogP contribution in [-0.4, -0.2) is 23.5 Å². The van der Waals surface area contributed by atoms with Gasteiger partial charge in [0.25, 0.3) is 0 Å². The molecule has 2 atom stereocenters. The van der Waals surface area contributed by atoms with E-state index in [4.69, 9.17) is 0 Å². The van der Waals surface area contributed by atoms with Crippen LogP contribution in [0.2, 0.25) is 0 Å². The Hall–Kier alpha value is -0.0400. The minimum atomic E-state index is 0.761. The summed E-state index contributed by atoms with van der Waals surface area (Å²) in [5.74, 6) is 0. The minimum Gasteiger partial charge on any atom is -0.298 e. The predicted octanol–water partition coefficient (Wildman–Crippen LogP) is 4.08. The predicted molar refractivity (Wildman–Crippen MR) is 65.7 cm³/mol. The summed E-state index contributed by atoms with van der Waals surface area (Å²) in [5, 5.41) is 0. The molecule has 0 aromatic carbocycles. The molecule has 0 bridgehead atoms. The van der Waals surface area contributed by atoms with Crippen LogP contribution in [0.4, 0.5) is 0 Å². The number of rotatable bonds is 8. The van der Waals surface area contributed by atoms with Crippen LogP contribution in [0.1, 0.15) is 66.7 Å². The topological polar surface area (TPSA) is 3.24 Å². The first-order chi connectivity index (χ1) is 6.67. The lowest BCUT2D eigenvalue weighted by molar-refractivity contribution is 0.145. The van der Waals surface area contributed by atoms with E-state index in [2.05, 4.69) is 39.5 Å². The van der Waals surface area contributed by atoms with E-state index in [1.54, 1.807) is 0 Å². The number of hydrogen-bond acceptors (Lipinski definition) is 1. The Balaban J connectivity index is 3.96. The van der Waals surface area contributed by atoms with Crippen molar-refractivity contribution >= 4 is 0 Å². The first-order valence-corrected chi connectivity index (χ1v) is 6.43. The van der Waals surface area contributed by atoms with Gasteiger partial charge in [-0.2, -0.15) is 0 Å². The van der Waals surface area contributed by atoms with Crippen molar-refractivity contribution in [1.29, 1.82) is 0 Å². The Kier molecular flexibility index (Phi) is 8.26. The van der Waals surface area contributed by atoms with Crippen LogP contribution in [0, 0.1) is 0 Å². The molecule has 0 N–H and O–H groups in total. The fraction of sp³-hybridized carbons (Fsp3) is 1.00. The SMILES string of the molecule is CCCCC(C)N(CC)C(C)CCC. The van der Waals surface area contributed by atoms with Crippen LogP contribution in [0.25, 0.3) is 0 Å². The fourth-order valence-electron chi connectivity index (χ4n) is 2.31. The third-order valence-electron chi connectivity index (χ3n) is 3.18. The Morgan fingerprint density at radius 3 is 1.86 bits per heavy atom. The van der Waals surface area contributed by atoms with Crippen LogP contribution >= 0.6 is 0 Å². The van der Waals surface area contributed by atoms with Gasteiger partial charge in [-0.05, 0) is 33.2 Å². The summed E-state index contributed by atoms with van der Waals surface area (Å²) < 4.78 is 0. The second kappa shape index (κ2) is 8.28. The monoisotopic (exact) mass is 199 g/mol. The highest BCUT2D eigenvalue weighted by atomic mass is 15.2. The van der Waals surface area contributed by atoms with Gasteiger partial charge in [0.05, 0.1) is 0 Å². The van der Waals surface area contributed by atoms with E-state index in [1.165, 1.54) is 38.6 Å². The molecule has 0 spiro atoms. The Bertz CT molecular complexity index is 122. The molecule has 0 heterocycles. The quantitative estimate of drug-likeness (QED) is 0.569. The molecule has 0 aliphatic rings. The van der Waals surface area contributed by atoms with E-state index in [0.29, 0.717) is 0 Å². The maximum Gasteiger partial charge on any atom is 0.00696 e. The van der Waals surface area contributed by atoms with E-state index < -0.39 is 0 Å². The van der Waals surface area contributed by atoms with Gasteiger partial charge < -0.3 is 0 Å². The van der Waals surface area contributed by atoms with Crippen molar-refractivity contribution in [1.82, 2.24) is 4.90 Å². The van der Waals surface area contributed by atoms with Crippen molar-refractivity contribution in [2.45, 2.75) is 78.8 Å². The van der Waals surface area contributed by atoms with Gasteiger partial charge in [0.2, 0.25) is 0 Å². The summed E-state index contributed by atoms with van der Waals surface area (Å²) in [6.45, 7) is 12.8. The molecule has 0 aromatic heterocycles. The van der Waals surface area contributed by atoms with Crippen molar-refractivity contribution < 1.29 is 0 Å². The summed E-state index contributed by atoms with van der Waals surface area (Å²) >= 11 is 0. The normalized spacial score (nSPS) is 15.9. The molecule has 0 saturated carbocycles. The van der Waals surface area contributed by atoms with Crippen molar-refractivity contribution in [3.8, 4) is 0 Å². The zero-order chi connectivity index (χ0) is 11.0. The first-order valence-electron chi connectivity index (χ1n) is 6.43. The zero-order valence-electron chi connectivity index (χ0n) is 10.8. The van der Waals surface area contributed by atoms with Gasteiger partial charge in [0.1, 0.15) is 0 Å². The number of hydrogen-bond donors (Lipinski definition) is 0. The third-order valence-corrected chi connectivity index (χ3v) is 3.18. The average molecular weight is 199 g/mol. The Morgan fingerprint density at radius 1 is 0.857 bits per heavy atom. The van der Waals surface area contributed by atoms with Gasteiger partial charge in [-0.1, -0.05) is 40.0 Å². The lowest BCUT2D eigenvalue weighted by atomic mass is 10.1. The van der Waals surface area contributed by atoms with Gasteiger partial charge in [0, 0.05) is 12.1 Å². The van der Waals surface area contributed by atoms with Crippen LogP contribution in [-0.2, 0) is 0 Å². The molecular weight excluding hydrogens is 170 g/mol. The molecule has 0 aliphatic carbocycles. The second-order valence-corrected chi connectivity index (χ2v) is 4.46. The van der Waals surface area contributed by atoms with Crippen LogP contribution in [0.15, 0.2) is 0 Å². The summed E-state index contributed by atoms with van der Waals surface area (Å²) in [6, 6.07) is 1.53. The maximum absolute atomic E-state index is 2.65. The molecule has 0 saturated heterocycles. The van der Waals surface area contributed by atoms with E-state index in [0.717, 1.165) is 12.1 Å². The van der Waals surface area contributed by atoms with Gasteiger partial charge in [-0.25, -0.2) is 0 Å². The standard InChI is InChI=1S/C13H29N/c1-6-9-11-13(5)14(8-3)12(4)10-7-2/h12-13H,6-11H2,1-5H3. The van der Waals surface area contributed by atoms with Gasteiger partial charge >= 0.3 is 0 Å². The van der Waals surface area contributed by atoms with Crippen molar-refractivity contribution in [2.24, 2.45) is 0 Å². The highest BCUT2D eigenvalue weighted by Crippen LogP contribution is 2.14. The molecule has 0 aromatic rings. The highest BCUT2D eigenvalue weighted by Gasteiger charge is 2.16. The van der Waals surface area contributed by atoms with Crippen molar-refractivity contribution in [2.75, 3.05) is 6.54 Å². The third kappa shape index (κ3) is 4.99. The molecule has 0 aliphatic heterocycles. The van der Waals surface area contributed by atoms with E-state index in [9.17, 15) is 0 Å². The smallest absolute Gasteiger partial charge is 0.00696 e. The number of nitrogens with zero attached hydrogens (tertiary/aromatic N) is 1. The Morgan fingerprint density at radius 2 is 1.43 bits per heavy atom. The van der Waals surface area contributed by atoms with Gasteiger partial charge in [-0.15, -0.1) is 0 Å². The first kappa shape index (κ1) is 14.0. The lowest BCUT2D eigenvalue weighted by Gasteiger charge is -2.33. The largest absolute Gasteiger partial charge is 0.298 e. The van der Waals surface area contributed by atoms with E-state index in [-0.39, 0.29) is 0 Å². The molecule has 0 amide bonds. The summed E-state index contributed by atoms with van der Waals surface area (Å²) in [4.78, 5) is 2.65. The van der Waals surface area contributed by atoms with E-state index in [1.807, 2.05) is 0 Å². The molecule has 14 heavy (non-hydrogen) atoms. The molecule has 0 fully saturated rings. The van der Waals surface area contributed by atoms with Crippen LogP contribution in [0.5, 0.6) is 0 Å². The molecular formula is C13H29N. The van der Waals surface area contributed by atoms with Crippen molar-refractivity contribution in [3.05, 3.63) is 0 Å². The average Bonchev–Trinajstić information content (AvgIpc) is 2.16. The molecule has 1 nitrogen and oxygen atoms in total. The molecule has 2 unspecified atom stereocenters. The lowest BCUT2D eigenvalue weighted by Crippen LogP contribution is -2.40. The molecule has 1 heteroatoms. The van der Waals surface area contributed by atoms with Crippen LogP contribution in [0.3, 0.4) is 0 Å². The molecule has 0 rings (SSSR count). The fourth-order valence-corrected chi connectivity index (χ4v) is 2.31. The maximum atomic E-state index is 2.65. The van der Waals surface area contributed by atoms with E-state index >= 15 is 0 Å². The van der Waals surface area contributed by atoms with Crippen LogP contribution < -0.4 is 0 Å².